The quantitative estimate of drug-likeness (QED) is 0.507. The van der Waals surface area contributed by atoms with E-state index in [4.69, 9.17) is 14.2 Å². The Labute approximate surface area is 182 Å². The Kier molecular flexibility index (Phi) is 4.65. The average molecular weight is 435 g/mol. The van der Waals surface area contributed by atoms with Gasteiger partial charge in [0, 0.05) is 17.9 Å². The third kappa shape index (κ3) is 3.01. The fourth-order valence-corrected chi connectivity index (χ4v) is 4.13. The fraction of sp³-hybridized carbons (Fsp3) is 0.286. The number of amides is 1. The van der Waals surface area contributed by atoms with E-state index in [1.165, 1.54) is 6.33 Å². The van der Waals surface area contributed by atoms with E-state index in [2.05, 4.69) is 25.7 Å². The number of nitrogens with one attached hydrogen (secondary N) is 1. The van der Waals surface area contributed by atoms with E-state index in [0.29, 0.717) is 34.5 Å². The lowest BCUT2D eigenvalue weighted by Crippen LogP contribution is -2.25. The molecule has 5 rings (SSSR count). The third-order valence-corrected chi connectivity index (χ3v) is 5.56. The van der Waals surface area contributed by atoms with Crippen LogP contribution in [-0.2, 0) is 4.79 Å². The van der Waals surface area contributed by atoms with Crippen molar-refractivity contribution in [2.75, 3.05) is 26.6 Å². The Morgan fingerprint density at radius 1 is 1.06 bits per heavy atom. The van der Waals surface area contributed by atoms with E-state index < -0.39 is 0 Å². The Morgan fingerprint density at radius 3 is 2.50 bits per heavy atom. The van der Waals surface area contributed by atoms with Crippen LogP contribution in [0.2, 0.25) is 0 Å². The predicted molar refractivity (Wildman–Crippen MR) is 114 cm³/mol. The number of nitrogens with zero attached hydrogens (tertiary/aromatic N) is 6. The van der Waals surface area contributed by atoms with E-state index in [1.807, 2.05) is 19.1 Å². The molecule has 0 bridgehead atoms. The summed E-state index contributed by atoms with van der Waals surface area (Å²) in [5.74, 6) is 2.30. The van der Waals surface area contributed by atoms with Gasteiger partial charge in [0.25, 0.3) is 0 Å². The number of fused-ring (bicyclic) bond motifs is 2. The molecule has 0 spiro atoms. The van der Waals surface area contributed by atoms with Crippen LogP contribution in [0.5, 0.6) is 17.2 Å². The number of hydrogen-bond donors (Lipinski definition) is 1. The number of methoxy groups -OCH3 is 3. The van der Waals surface area contributed by atoms with Crippen LogP contribution in [0, 0.1) is 6.92 Å². The molecule has 0 saturated heterocycles. The maximum absolute atomic E-state index is 12.7. The van der Waals surface area contributed by atoms with Gasteiger partial charge in [0.15, 0.2) is 23.0 Å². The molecule has 11 heteroatoms. The van der Waals surface area contributed by atoms with Crippen molar-refractivity contribution in [3.63, 3.8) is 0 Å². The summed E-state index contributed by atoms with van der Waals surface area (Å²) in [5, 5.41) is 20.0. The van der Waals surface area contributed by atoms with Crippen molar-refractivity contribution in [2.45, 2.75) is 19.3 Å². The minimum atomic E-state index is -0.250. The van der Waals surface area contributed by atoms with Gasteiger partial charge in [0.1, 0.15) is 12.1 Å². The molecule has 1 aromatic carbocycles. The zero-order chi connectivity index (χ0) is 22.4. The van der Waals surface area contributed by atoms with E-state index in [0.717, 1.165) is 16.8 Å². The lowest BCUT2D eigenvalue weighted by Gasteiger charge is -2.25. The minimum Gasteiger partial charge on any atom is -0.493 e. The number of rotatable bonds is 5. The number of carbonyl (C=O) groups excluding carboxylic acids is 1. The van der Waals surface area contributed by atoms with Crippen molar-refractivity contribution >= 4 is 17.4 Å². The summed E-state index contributed by atoms with van der Waals surface area (Å²) in [6, 6.07) is 7.31. The summed E-state index contributed by atoms with van der Waals surface area (Å²) in [6.45, 7) is 1.91. The zero-order valence-corrected chi connectivity index (χ0v) is 18.0. The predicted octanol–water partition coefficient (Wildman–Crippen LogP) is 2.12. The molecule has 1 aliphatic heterocycles. The standard InChI is InChI=1S/C21H21N7O4/c1-11-19-13(12-7-14(30-2)20(32-4)15(8-12)31-3)9-18(29)23-21(19)28(25-11)17-6-5-16-24-22-10-27(16)26-17/h5-8,10,13H,9H2,1-4H3,(H,23,29)/t13-/m1/s1. The Bertz CT molecular complexity index is 1320. The van der Waals surface area contributed by atoms with Gasteiger partial charge in [-0.2, -0.15) is 14.3 Å². The molecule has 1 amide bonds. The van der Waals surface area contributed by atoms with Crippen LogP contribution in [0.25, 0.3) is 11.5 Å². The first-order valence-electron chi connectivity index (χ1n) is 9.90. The third-order valence-electron chi connectivity index (χ3n) is 5.56. The monoisotopic (exact) mass is 435 g/mol. The molecule has 1 aliphatic rings. The summed E-state index contributed by atoms with van der Waals surface area (Å²) < 4.78 is 19.6. The Hall–Kier alpha value is -4.15. The SMILES string of the molecule is COc1cc([C@H]2CC(=O)Nc3c2c(C)nn3-c2ccc3nncn3n2)cc(OC)c1OC. The van der Waals surface area contributed by atoms with E-state index in [9.17, 15) is 4.79 Å². The number of anilines is 1. The van der Waals surface area contributed by atoms with E-state index >= 15 is 0 Å². The molecule has 0 radical (unpaired) electrons. The lowest BCUT2D eigenvalue weighted by atomic mass is 9.85. The highest BCUT2D eigenvalue weighted by Gasteiger charge is 2.34. The molecule has 164 valence electrons. The molecule has 4 aromatic rings. The van der Waals surface area contributed by atoms with Gasteiger partial charge in [0.2, 0.25) is 11.7 Å². The van der Waals surface area contributed by atoms with Gasteiger partial charge in [-0.1, -0.05) is 0 Å². The van der Waals surface area contributed by atoms with Crippen LogP contribution in [0.3, 0.4) is 0 Å². The minimum absolute atomic E-state index is 0.122. The van der Waals surface area contributed by atoms with Gasteiger partial charge in [-0.15, -0.1) is 15.3 Å². The highest BCUT2D eigenvalue weighted by Crippen LogP contribution is 2.45. The summed E-state index contributed by atoms with van der Waals surface area (Å²) in [5.41, 5.74) is 3.17. The second kappa shape index (κ2) is 7.52. The molecule has 32 heavy (non-hydrogen) atoms. The topological polar surface area (TPSA) is 118 Å². The highest BCUT2D eigenvalue weighted by molar-refractivity contribution is 5.95. The molecule has 0 fully saturated rings. The first-order valence-corrected chi connectivity index (χ1v) is 9.90. The van der Waals surface area contributed by atoms with Crippen molar-refractivity contribution in [3.05, 3.63) is 47.4 Å². The largest absolute Gasteiger partial charge is 0.493 e. The molecular formula is C21H21N7O4. The molecule has 4 heterocycles. The molecule has 3 aromatic heterocycles. The van der Waals surface area contributed by atoms with Crippen LogP contribution in [0.15, 0.2) is 30.6 Å². The summed E-state index contributed by atoms with van der Waals surface area (Å²) in [7, 11) is 4.69. The van der Waals surface area contributed by atoms with Crippen molar-refractivity contribution < 1.29 is 19.0 Å². The Morgan fingerprint density at radius 2 is 1.81 bits per heavy atom. The second-order valence-electron chi connectivity index (χ2n) is 7.35. The normalized spacial score (nSPS) is 15.4. The number of aryl methyl sites for hydroxylation is 1. The smallest absolute Gasteiger partial charge is 0.226 e. The summed E-state index contributed by atoms with van der Waals surface area (Å²) in [4.78, 5) is 12.7. The average Bonchev–Trinajstić information content (AvgIpc) is 3.41. The first kappa shape index (κ1) is 19.8. The molecule has 1 N–H and O–H groups in total. The van der Waals surface area contributed by atoms with Crippen molar-refractivity contribution in [3.8, 4) is 23.1 Å². The number of aromatic nitrogens is 6. The van der Waals surface area contributed by atoms with Gasteiger partial charge in [0.05, 0.1) is 27.0 Å². The molecule has 0 unspecified atom stereocenters. The van der Waals surface area contributed by atoms with Crippen LogP contribution in [-0.4, -0.2) is 56.8 Å². The number of hydrogen-bond acceptors (Lipinski definition) is 8. The van der Waals surface area contributed by atoms with Crippen molar-refractivity contribution in [2.24, 2.45) is 0 Å². The highest BCUT2D eigenvalue weighted by atomic mass is 16.5. The number of ether oxygens (including phenoxy) is 3. The van der Waals surface area contributed by atoms with Gasteiger partial charge in [-0.25, -0.2) is 0 Å². The molecule has 11 nitrogen and oxygen atoms in total. The molecule has 1 atom stereocenters. The van der Waals surface area contributed by atoms with Gasteiger partial charge in [-0.3, -0.25) is 4.79 Å². The van der Waals surface area contributed by atoms with E-state index in [1.54, 1.807) is 42.7 Å². The maximum Gasteiger partial charge on any atom is 0.226 e. The Balaban J connectivity index is 1.67. The number of benzene rings is 1. The summed E-state index contributed by atoms with van der Waals surface area (Å²) >= 11 is 0. The lowest BCUT2D eigenvalue weighted by molar-refractivity contribution is -0.116. The fourth-order valence-electron chi connectivity index (χ4n) is 4.13. The van der Waals surface area contributed by atoms with Gasteiger partial charge in [-0.05, 0) is 36.8 Å². The van der Waals surface area contributed by atoms with Crippen LogP contribution in [0.4, 0.5) is 5.82 Å². The molecule has 0 saturated carbocycles. The van der Waals surface area contributed by atoms with Crippen LogP contribution < -0.4 is 19.5 Å². The summed E-state index contributed by atoms with van der Waals surface area (Å²) in [6.07, 6.45) is 1.77. The van der Waals surface area contributed by atoms with Crippen LogP contribution in [0.1, 0.15) is 29.2 Å². The van der Waals surface area contributed by atoms with Crippen molar-refractivity contribution in [1.29, 1.82) is 0 Å². The van der Waals surface area contributed by atoms with Crippen molar-refractivity contribution in [1.82, 2.24) is 29.6 Å². The van der Waals surface area contributed by atoms with Gasteiger partial charge < -0.3 is 19.5 Å². The maximum atomic E-state index is 12.7. The van der Waals surface area contributed by atoms with Crippen LogP contribution >= 0.6 is 0 Å². The molecular weight excluding hydrogens is 414 g/mol. The second-order valence-corrected chi connectivity index (χ2v) is 7.35. The first-order chi connectivity index (χ1) is 15.5. The zero-order valence-electron chi connectivity index (χ0n) is 18.0. The van der Waals surface area contributed by atoms with E-state index in [-0.39, 0.29) is 18.2 Å². The van der Waals surface area contributed by atoms with Gasteiger partial charge >= 0.3 is 0 Å². The number of carbonyl (C=O) groups is 1. The molecule has 0 aliphatic carbocycles.